The van der Waals surface area contributed by atoms with Crippen molar-refractivity contribution in [3.05, 3.63) is 59.2 Å². The Morgan fingerprint density at radius 2 is 1.73 bits per heavy atom. The molecule has 2 aromatic rings. The summed E-state index contributed by atoms with van der Waals surface area (Å²) >= 11 is 0. The molecule has 1 aliphatic carbocycles. The van der Waals surface area contributed by atoms with Crippen LogP contribution < -0.4 is 11.1 Å². The van der Waals surface area contributed by atoms with Crippen LogP contribution in [0.1, 0.15) is 29.5 Å². The minimum atomic E-state index is -3.46. The Labute approximate surface area is 160 Å². The van der Waals surface area contributed by atoms with Crippen molar-refractivity contribution in [2.45, 2.75) is 37.1 Å². The van der Waals surface area contributed by atoms with Gasteiger partial charge in [0.2, 0.25) is 5.91 Å². The van der Waals surface area contributed by atoms with Gasteiger partial charge < -0.3 is 11.1 Å². The number of fused-ring (bicyclic) bond motifs is 1. The normalized spacial score (nSPS) is 13.0. The van der Waals surface area contributed by atoms with E-state index in [0.29, 0.717) is 17.1 Å². The zero-order chi connectivity index (χ0) is 17.9. The Balaban J connectivity index is 0.00000243. The first-order valence-electron chi connectivity index (χ1n) is 8.41. The molecule has 0 radical (unpaired) electrons. The van der Waals surface area contributed by atoms with Gasteiger partial charge in [0.1, 0.15) is 0 Å². The van der Waals surface area contributed by atoms with Gasteiger partial charge in [-0.15, -0.1) is 12.4 Å². The second-order valence-corrected chi connectivity index (χ2v) is 8.41. The highest BCUT2D eigenvalue weighted by molar-refractivity contribution is 7.91. The molecule has 0 bridgehead atoms. The summed E-state index contributed by atoms with van der Waals surface area (Å²) in [6, 6.07) is 12.5. The summed E-state index contributed by atoms with van der Waals surface area (Å²) in [7, 11) is -3.46. The largest absolute Gasteiger partial charge is 0.326 e. The maximum atomic E-state index is 12.5. The molecule has 0 fully saturated rings. The van der Waals surface area contributed by atoms with E-state index in [9.17, 15) is 13.2 Å². The molecule has 140 valence electrons. The van der Waals surface area contributed by atoms with E-state index in [-0.39, 0.29) is 30.5 Å². The Hall–Kier alpha value is -1.89. The van der Waals surface area contributed by atoms with E-state index in [0.717, 1.165) is 30.4 Å². The number of carbonyl (C=O) groups excluding carboxylic acids is 1. The third kappa shape index (κ3) is 4.84. The Morgan fingerprint density at radius 3 is 2.42 bits per heavy atom. The second kappa shape index (κ2) is 8.66. The van der Waals surface area contributed by atoms with Crippen LogP contribution >= 0.6 is 12.4 Å². The molecule has 1 amide bonds. The fraction of sp³-hybridized carbons (Fsp3) is 0.316. The molecule has 0 saturated heterocycles. The predicted octanol–water partition coefficient (Wildman–Crippen LogP) is 2.86. The van der Waals surface area contributed by atoms with E-state index in [4.69, 9.17) is 5.73 Å². The van der Waals surface area contributed by atoms with Gasteiger partial charge in [-0.05, 0) is 60.2 Å². The lowest BCUT2D eigenvalue weighted by atomic mass is 10.1. The highest BCUT2D eigenvalue weighted by Gasteiger charge is 2.19. The molecule has 5 nitrogen and oxygen atoms in total. The fourth-order valence-corrected chi connectivity index (χ4v) is 4.32. The number of rotatable bonds is 6. The first kappa shape index (κ1) is 20.4. The van der Waals surface area contributed by atoms with Crippen LogP contribution in [0.5, 0.6) is 0 Å². The van der Waals surface area contributed by atoms with Gasteiger partial charge in [0.05, 0.1) is 10.6 Å². The smallest absolute Gasteiger partial charge is 0.225 e. The van der Waals surface area contributed by atoms with Crippen molar-refractivity contribution < 1.29 is 13.2 Å². The van der Waals surface area contributed by atoms with Crippen molar-refractivity contribution in [3.63, 3.8) is 0 Å². The topological polar surface area (TPSA) is 89.3 Å². The molecule has 0 unspecified atom stereocenters. The zero-order valence-corrected chi connectivity index (χ0v) is 16.0. The molecular formula is C19H23ClN2O3S. The molecule has 0 aromatic heterocycles. The van der Waals surface area contributed by atoms with Crippen LogP contribution in [0.25, 0.3) is 0 Å². The quantitative estimate of drug-likeness (QED) is 0.788. The van der Waals surface area contributed by atoms with Crippen LogP contribution in [-0.4, -0.2) is 20.1 Å². The van der Waals surface area contributed by atoms with E-state index >= 15 is 0 Å². The molecule has 0 saturated carbocycles. The third-order valence-corrected chi connectivity index (χ3v) is 6.21. The maximum absolute atomic E-state index is 12.5. The van der Waals surface area contributed by atoms with Crippen molar-refractivity contribution in [2.75, 3.05) is 11.1 Å². The molecule has 0 heterocycles. The van der Waals surface area contributed by atoms with E-state index in [1.807, 2.05) is 18.2 Å². The Bertz CT molecular complexity index is 880. The van der Waals surface area contributed by atoms with Crippen LogP contribution in [0, 0.1) is 0 Å². The van der Waals surface area contributed by atoms with Crippen molar-refractivity contribution in [3.8, 4) is 0 Å². The lowest BCUT2D eigenvalue weighted by Gasteiger charge is -2.08. The third-order valence-electron chi connectivity index (χ3n) is 4.50. The van der Waals surface area contributed by atoms with Gasteiger partial charge in [0, 0.05) is 18.7 Å². The van der Waals surface area contributed by atoms with Crippen LogP contribution in [-0.2, 0) is 34.0 Å². The average molecular weight is 395 g/mol. The Kier molecular flexibility index (Phi) is 6.81. The number of hydrogen-bond donors (Lipinski definition) is 2. The minimum Gasteiger partial charge on any atom is -0.326 e. The number of carbonyl (C=O) groups is 1. The number of aryl methyl sites for hydroxylation is 2. The molecule has 3 rings (SSSR count). The molecule has 2 aromatic carbocycles. The van der Waals surface area contributed by atoms with Crippen molar-refractivity contribution in [1.29, 1.82) is 0 Å². The Morgan fingerprint density at radius 1 is 1.04 bits per heavy atom. The van der Waals surface area contributed by atoms with Crippen molar-refractivity contribution in [1.82, 2.24) is 0 Å². The molecule has 0 spiro atoms. The monoisotopic (exact) mass is 394 g/mol. The average Bonchev–Trinajstić information content (AvgIpc) is 3.08. The number of hydrogen-bond acceptors (Lipinski definition) is 4. The molecule has 0 aliphatic heterocycles. The summed E-state index contributed by atoms with van der Waals surface area (Å²) in [5, 5.41) is 2.71. The van der Waals surface area contributed by atoms with Gasteiger partial charge in [0.15, 0.2) is 9.84 Å². The number of benzene rings is 2. The number of nitrogens with one attached hydrogen (secondary N) is 1. The zero-order valence-electron chi connectivity index (χ0n) is 14.4. The number of anilines is 1. The summed E-state index contributed by atoms with van der Waals surface area (Å²) in [4.78, 5) is 12.3. The number of halogens is 1. The maximum Gasteiger partial charge on any atom is 0.225 e. The standard InChI is InChI=1S/C19H22N2O3S.ClH/c20-13-14-4-7-17(8-5-14)21-19(22)10-11-25(23,24)18-9-6-15-2-1-3-16(15)12-18;/h4-9,12H,1-3,10-11,13,20H2,(H,21,22);1H. The second-order valence-electron chi connectivity index (χ2n) is 6.30. The molecule has 0 atom stereocenters. The fourth-order valence-electron chi connectivity index (χ4n) is 3.03. The van der Waals surface area contributed by atoms with Crippen molar-refractivity contribution >= 4 is 33.8 Å². The van der Waals surface area contributed by atoms with Crippen molar-refractivity contribution in [2.24, 2.45) is 5.73 Å². The first-order chi connectivity index (χ1) is 12.0. The number of sulfone groups is 1. The van der Waals surface area contributed by atoms with Gasteiger partial charge in [-0.25, -0.2) is 8.42 Å². The molecule has 7 heteroatoms. The van der Waals surface area contributed by atoms with E-state index in [2.05, 4.69) is 5.32 Å². The molecule has 1 aliphatic rings. The van der Waals surface area contributed by atoms with Crippen LogP contribution in [0.4, 0.5) is 5.69 Å². The van der Waals surface area contributed by atoms with Gasteiger partial charge in [0.25, 0.3) is 0 Å². The van der Waals surface area contributed by atoms with Gasteiger partial charge in [-0.1, -0.05) is 18.2 Å². The molecule has 26 heavy (non-hydrogen) atoms. The SMILES string of the molecule is Cl.NCc1ccc(NC(=O)CCS(=O)(=O)c2ccc3c(c2)CCC3)cc1. The van der Waals surface area contributed by atoms with Crippen LogP contribution in [0.2, 0.25) is 0 Å². The van der Waals surface area contributed by atoms with Crippen LogP contribution in [0.15, 0.2) is 47.4 Å². The highest BCUT2D eigenvalue weighted by atomic mass is 35.5. The minimum absolute atomic E-state index is 0. The number of nitrogens with two attached hydrogens (primary N) is 1. The summed E-state index contributed by atoms with van der Waals surface area (Å²) in [5.74, 6) is -0.511. The highest BCUT2D eigenvalue weighted by Crippen LogP contribution is 2.25. The summed E-state index contributed by atoms with van der Waals surface area (Å²) in [6.45, 7) is 0.438. The van der Waals surface area contributed by atoms with Gasteiger partial charge >= 0.3 is 0 Å². The van der Waals surface area contributed by atoms with E-state index in [1.54, 1.807) is 24.3 Å². The summed E-state index contributed by atoms with van der Waals surface area (Å²) in [5.41, 5.74) is 9.49. The van der Waals surface area contributed by atoms with E-state index < -0.39 is 9.84 Å². The summed E-state index contributed by atoms with van der Waals surface area (Å²) < 4.78 is 25.0. The predicted molar refractivity (Wildman–Crippen MR) is 105 cm³/mol. The van der Waals surface area contributed by atoms with Gasteiger partial charge in [-0.2, -0.15) is 0 Å². The number of amides is 1. The molecule has 3 N–H and O–H groups in total. The van der Waals surface area contributed by atoms with Crippen LogP contribution in [0.3, 0.4) is 0 Å². The summed E-state index contributed by atoms with van der Waals surface area (Å²) in [6.07, 6.45) is 2.95. The molecular weight excluding hydrogens is 372 g/mol. The van der Waals surface area contributed by atoms with E-state index in [1.165, 1.54) is 5.56 Å². The van der Waals surface area contributed by atoms with Gasteiger partial charge in [-0.3, -0.25) is 4.79 Å². The first-order valence-corrected chi connectivity index (χ1v) is 10.1. The lowest BCUT2D eigenvalue weighted by molar-refractivity contribution is -0.115. The lowest BCUT2D eigenvalue weighted by Crippen LogP contribution is -2.17.